The van der Waals surface area contributed by atoms with Crippen LogP contribution in [-0.4, -0.2) is 39.6 Å². The summed E-state index contributed by atoms with van der Waals surface area (Å²) in [4.78, 5) is 34.4. The zero-order valence-corrected chi connectivity index (χ0v) is 13.0. The van der Waals surface area contributed by atoms with Gasteiger partial charge in [-0.15, -0.1) is 0 Å². The highest BCUT2D eigenvalue weighted by molar-refractivity contribution is 6.02. The van der Waals surface area contributed by atoms with Gasteiger partial charge in [0.1, 0.15) is 11.3 Å². The highest BCUT2D eigenvalue weighted by Crippen LogP contribution is 2.19. The van der Waals surface area contributed by atoms with Gasteiger partial charge in [0.25, 0.3) is 0 Å². The lowest BCUT2D eigenvalue weighted by atomic mass is 10.2. The molecular formula is C17H15N5O2. The Bertz CT molecular complexity index is 912. The van der Waals surface area contributed by atoms with Crippen LogP contribution in [0.1, 0.15) is 23.0 Å². The standard InChI is InChI=1S/C17H15N5O2/c1-2-18-16(21-11-24)15-4-3-14(9-19-15)22-6-5-13-7-12(10-23)8-20-17(13)22/h3-11H,2H2,1H3,(H,18,21,24). The lowest BCUT2D eigenvalue weighted by Gasteiger charge is -2.07. The van der Waals surface area contributed by atoms with E-state index in [4.69, 9.17) is 0 Å². The van der Waals surface area contributed by atoms with Gasteiger partial charge < -0.3 is 5.32 Å². The topological polar surface area (TPSA) is 89.2 Å². The van der Waals surface area contributed by atoms with Crippen molar-refractivity contribution in [2.75, 3.05) is 6.54 Å². The maximum absolute atomic E-state index is 10.8. The van der Waals surface area contributed by atoms with Crippen molar-refractivity contribution in [3.8, 4) is 5.69 Å². The number of rotatable bonds is 5. The van der Waals surface area contributed by atoms with Gasteiger partial charge in [0, 0.05) is 29.9 Å². The first-order valence-corrected chi connectivity index (χ1v) is 7.40. The van der Waals surface area contributed by atoms with Gasteiger partial charge in [0.2, 0.25) is 6.41 Å². The molecule has 7 nitrogen and oxygen atoms in total. The van der Waals surface area contributed by atoms with Crippen LogP contribution in [0.15, 0.2) is 47.8 Å². The number of aromatic nitrogens is 3. The normalized spacial score (nSPS) is 11.5. The van der Waals surface area contributed by atoms with Gasteiger partial charge in [-0.1, -0.05) is 0 Å². The molecule has 0 aliphatic rings. The Morgan fingerprint density at radius 1 is 1.25 bits per heavy atom. The number of pyridine rings is 2. The van der Waals surface area contributed by atoms with E-state index in [0.29, 0.717) is 30.0 Å². The fourth-order valence-corrected chi connectivity index (χ4v) is 2.40. The van der Waals surface area contributed by atoms with Crippen molar-refractivity contribution < 1.29 is 9.59 Å². The molecule has 24 heavy (non-hydrogen) atoms. The van der Waals surface area contributed by atoms with Gasteiger partial charge in [-0.25, -0.2) is 4.98 Å². The molecule has 0 aliphatic carbocycles. The van der Waals surface area contributed by atoms with Crippen molar-refractivity contribution in [2.45, 2.75) is 6.92 Å². The third-order valence-electron chi connectivity index (χ3n) is 3.46. The second-order valence-electron chi connectivity index (χ2n) is 4.97. The van der Waals surface area contributed by atoms with E-state index in [1.54, 1.807) is 18.3 Å². The number of aldehydes is 1. The van der Waals surface area contributed by atoms with E-state index in [9.17, 15) is 9.59 Å². The molecule has 3 rings (SSSR count). The maximum Gasteiger partial charge on any atom is 0.212 e. The number of carbonyl (C=O) groups excluding carboxylic acids is 2. The zero-order chi connectivity index (χ0) is 16.9. The third kappa shape index (κ3) is 2.91. The Labute approximate surface area is 138 Å². The van der Waals surface area contributed by atoms with Gasteiger partial charge in [-0.05, 0) is 31.2 Å². The fourth-order valence-electron chi connectivity index (χ4n) is 2.40. The third-order valence-corrected chi connectivity index (χ3v) is 3.46. The summed E-state index contributed by atoms with van der Waals surface area (Å²) >= 11 is 0. The smallest absolute Gasteiger partial charge is 0.212 e. The van der Waals surface area contributed by atoms with E-state index < -0.39 is 0 Å². The summed E-state index contributed by atoms with van der Waals surface area (Å²) < 4.78 is 1.88. The lowest BCUT2D eigenvalue weighted by molar-refractivity contribution is -0.108. The number of fused-ring (bicyclic) bond motifs is 1. The summed E-state index contributed by atoms with van der Waals surface area (Å²) in [5.74, 6) is 0.435. The van der Waals surface area contributed by atoms with Gasteiger partial charge in [0.05, 0.1) is 11.9 Å². The molecule has 0 atom stereocenters. The van der Waals surface area contributed by atoms with Crippen molar-refractivity contribution in [1.29, 1.82) is 0 Å². The van der Waals surface area contributed by atoms with Gasteiger partial charge in [-0.2, -0.15) is 0 Å². The van der Waals surface area contributed by atoms with Crippen molar-refractivity contribution in [1.82, 2.24) is 19.9 Å². The number of nitrogens with one attached hydrogen (secondary N) is 1. The number of carbonyl (C=O) groups is 2. The van der Waals surface area contributed by atoms with Crippen molar-refractivity contribution in [3.05, 3.63) is 54.1 Å². The second-order valence-corrected chi connectivity index (χ2v) is 4.97. The maximum atomic E-state index is 10.8. The molecule has 1 amide bonds. The molecule has 7 heteroatoms. The van der Waals surface area contributed by atoms with Gasteiger partial charge in [0.15, 0.2) is 12.1 Å². The highest BCUT2D eigenvalue weighted by atomic mass is 16.1. The van der Waals surface area contributed by atoms with E-state index >= 15 is 0 Å². The molecule has 0 saturated carbocycles. The number of hydrogen-bond donors (Lipinski definition) is 1. The van der Waals surface area contributed by atoms with Crippen LogP contribution >= 0.6 is 0 Å². The number of amidine groups is 1. The quantitative estimate of drug-likeness (QED) is 0.440. The van der Waals surface area contributed by atoms with Crippen molar-refractivity contribution >= 4 is 29.6 Å². The highest BCUT2D eigenvalue weighted by Gasteiger charge is 2.08. The van der Waals surface area contributed by atoms with E-state index in [1.807, 2.05) is 29.8 Å². The predicted octanol–water partition coefficient (Wildman–Crippen LogP) is 1.75. The summed E-state index contributed by atoms with van der Waals surface area (Å²) in [7, 11) is 0. The molecule has 3 heterocycles. The van der Waals surface area contributed by atoms with Crippen molar-refractivity contribution in [3.63, 3.8) is 0 Å². The number of hydrogen-bond acceptors (Lipinski definition) is 5. The molecule has 0 saturated heterocycles. The van der Waals surface area contributed by atoms with Crippen LogP contribution in [0.3, 0.4) is 0 Å². The van der Waals surface area contributed by atoms with E-state index in [2.05, 4.69) is 20.3 Å². The average Bonchev–Trinajstić information content (AvgIpc) is 3.04. The first kappa shape index (κ1) is 15.5. The molecule has 0 aromatic carbocycles. The molecule has 0 unspecified atom stereocenters. The molecule has 3 aromatic rings. The molecule has 0 aliphatic heterocycles. The Morgan fingerprint density at radius 3 is 2.79 bits per heavy atom. The Kier molecular flexibility index (Phi) is 4.42. The SMILES string of the molecule is CCN=C(NC=O)c1ccc(-n2ccc3cc(C=O)cnc32)cn1. The van der Waals surface area contributed by atoms with Crippen LogP contribution in [0, 0.1) is 0 Å². The predicted molar refractivity (Wildman–Crippen MR) is 90.5 cm³/mol. The number of amides is 1. The van der Waals surface area contributed by atoms with Crippen LogP contribution < -0.4 is 5.32 Å². The zero-order valence-electron chi connectivity index (χ0n) is 13.0. The summed E-state index contributed by atoms with van der Waals surface area (Å²) in [5, 5.41) is 3.43. The van der Waals surface area contributed by atoms with E-state index in [-0.39, 0.29) is 0 Å². The minimum atomic E-state index is 0.435. The Balaban J connectivity index is 1.97. The van der Waals surface area contributed by atoms with E-state index in [1.165, 1.54) is 6.20 Å². The fraction of sp³-hybridized carbons (Fsp3) is 0.118. The van der Waals surface area contributed by atoms with Crippen LogP contribution in [0.4, 0.5) is 0 Å². The molecule has 0 spiro atoms. The molecule has 120 valence electrons. The summed E-state index contributed by atoms with van der Waals surface area (Å²) in [6.07, 6.45) is 6.44. The van der Waals surface area contributed by atoms with Crippen LogP contribution in [0.2, 0.25) is 0 Å². The van der Waals surface area contributed by atoms with Crippen LogP contribution in [0.25, 0.3) is 16.7 Å². The Hall–Kier alpha value is -3.35. The summed E-state index contributed by atoms with van der Waals surface area (Å²) in [6.45, 7) is 2.43. The summed E-state index contributed by atoms with van der Waals surface area (Å²) in [5.41, 5.74) is 2.68. The first-order chi connectivity index (χ1) is 11.8. The monoisotopic (exact) mass is 321 g/mol. The molecule has 0 bridgehead atoms. The average molecular weight is 321 g/mol. The molecule has 1 N–H and O–H groups in total. The molecule has 3 aromatic heterocycles. The molecule has 0 radical (unpaired) electrons. The Morgan fingerprint density at radius 2 is 2.12 bits per heavy atom. The summed E-state index contributed by atoms with van der Waals surface area (Å²) in [6, 6.07) is 7.33. The molecular weight excluding hydrogens is 306 g/mol. The van der Waals surface area contributed by atoms with Crippen LogP contribution in [-0.2, 0) is 4.79 Å². The minimum absolute atomic E-state index is 0.435. The van der Waals surface area contributed by atoms with Gasteiger partial charge >= 0.3 is 0 Å². The number of aliphatic imine (C=N–C) groups is 1. The van der Waals surface area contributed by atoms with Crippen molar-refractivity contribution in [2.24, 2.45) is 4.99 Å². The minimum Gasteiger partial charge on any atom is -0.312 e. The van der Waals surface area contributed by atoms with Crippen LogP contribution in [0.5, 0.6) is 0 Å². The van der Waals surface area contributed by atoms with E-state index in [0.717, 1.165) is 23.0 Å². The largest absolute Gasteiger partial charge is 0.312 e. The first-order valence-electron chi connectivity index (χ1n) is 7.40. The molecule has 0 fully saturated rings. The second kappa shape index (κ2) is 6.82. The lowest BCUT2D eigenvalue weighted by Crippen LogP contribution is -2.24. The number of nitrogens with zero attached hydrogens (tertiary/aromatic N) is 4. The van der Waals surface area contributed by atoms with Gasteiger partial charge in [-0.3, -0.25) is 24.1 Å².